The molecule has 2 aromatic carbocycles. The van der Waals surface area contributed by atoms with Crippen LogP contribution in [0.1, 0.15) is 56.9 Å². The molecule has 2 aromatic rings. The van der Waals surface area contributed by atoms with Crippen LogP contribution in [0.4, 0.5) is 0 Å². The molecule has 0 nitrogen and oxygen atoms in total. The van der Waals surface area contributed by atoms with Crippen molar-refractivity contribution in [3.63, 3.8) is 0 Å². The highest BCUT2D eigenvalue weighted by atomic mass is 79.9. The summed E-state index contributed by atoms with van der Waals surface area (Å²) in [6, 6.07) is 11.6. The third kappa shape index (κ3) is 2.17. The highest BCUT2D eigenvalue weighted by Gasteiger charge is 2.36. The summed E-state index contributed by atoms with van der Waals surface area (Å²) >= 11 is 3.68. The van der Waals surface area contributed by atoms with E-state index < -0.39 is 0 Å². The third-order valence-electron chi connectivity index (χ3n) is 4.82. The van der Waals surface area contributed by atoms with E-state index in [1.165, 1.54) is 37.9 Å². The summed E-state index contributed by atoms with van der Waals surface area (Å²) in [4.78, 5) is 0. The minimum absolute atomic E-state index is 0.0807. The highest BCUT2D eigenvalue weighted by molar-refractivity contribution is 9.10. The van der Waals surface area contributed by atoms with Gasteiger partial charge < -0.3 is 0 Å². The van der Waals surface area contributed by atoms with E-state index in [0.717, 1.165) is 0 Å². The molecule has 0 N–H and O–H groups in total. The molecule has 3 rings (SSSR count). The Labute approximate surface area is 136 Å². The molecule has 1 aliphatic rings. The smallest absolute Gasteiger partial charge is 0.0210 e. The van der Waals surface area contributed by atoms with Crippen LogP contribution in [0, 0.1) is 6.92 Å². The first-order valence-corrected chi connectivity index (χ1v) is 8.37. The second kappa shape index (κ2) is 4.46. The molecular weight excluding hydrogens is 320 g/mol. The van der Waals surface area contributed by atoms with Crippen molar-refractivity contribution in [1.82, 2.24) is 0 Å². The largest absolute Gasteiger partial charge is 0.0579 e. The van der Waals surface area contributed by atoms with Crippen LogP contribution in [0.15, 0.2) is 34.8 Å². The quantitative estimate of drug-likeness (QED) is 0.522. The maximum absolute atomic E-state index is 3.68. The first kappa shape index (κ1) is 14.8. The van der Waals surface area contributed by atoms with Crippen molar-refractivity contribution in [3.05, 3.63) is 57.1 Å². The fourth-order valence-electron chi connectivity index (χ4n) is 3.33. The second-order valence-corrected chi connectivity index (χ2v) is 8.64. The lowest BCUT2D eigenvalue weighted by molar-refractivity contribution is 0.584. The van der Waals surface area contributed by atoms with E-state index in [0.29, 0.717) is 0 Å². The summed E-state index contributed by atoms with van der Waals surface area (Å²) in [6.45, 7) is 13.7. The normalized spacial score (nSPS) is 15.8. The van der Waals surface area contributed by atoms with Gasteiger partial charge in [0.1, 0.15) is 0 Å². The van der Waals surface area contributed by atoms with Gasteiger partial charge in [-0.3, -0.25) is 0 Å². The van der Waals surface area contributed by atoms with Gasteiger partial charge in [-0.15, -0.1) is 0 Å². The molecule has 0 unspecified atom stereocenters. The second-order valence-electron chi connectivity index (χ2n) is 7.78. The van der Waals surface area contributed by atoms with E-state index in [9.17, 15) is 0 Å². The van der Waals surface area contributed by atoms with Crippen LogP contribution in [-0.4, -0.2) is 0 Å². The molecule has 0 aliphatic heterocycles. The Morgan fingerprint density at radius 2 is 1.52 bits per heavy atom. The van der Waals surface area contributed by atoms with Crippen molar-refractivity contribution in [1.29, 1.82) is 0 Å². The van der Waals surface area contributed by atoms with Gasteiger partial charge in [-0.1, -0.05) is 74.8 Å². The molecule has 0 spiro atoms. The van der Waals surface area contributed by atoms with E-state index in [4.69, 9.17) is 0 Å². The molecule has 0 aromatic heterocycles. The lowest BCUT2D eigenvalue weighted by Crippen LogP contribution is -2.17. The lowest BCUT2D eigenvalue weighted by Gasteiger charge is -2.25. The van der Waals surface area contributed by atoms with Gasteiger partial charge in [-0.25, -0.2) is 0 Å². The highest BCUT2D eigenvalue weighted by Crippen LogP contribution is 2.50. The van der Waals surface area contributed by atoms with Crippen molar-refractivity contribution >= 4 is 15.9 Å². The number of rotatable bonds is 0. The number of benzene rings is 2. The van der Waals surface area contributed by atoms with Gasteiger partial charge in [0, 0.05) is 9.89 Å². The van der Waals surface area contributed by atoms with Crippen molar-refractivity contribution in [2.75, 3.05) is 0 Å². The summed E-state index contributed by atoms with van der Waals surface area (Å²) in [5.41, 5.74) is 8.68. The average Bonchev–Trinajstić information content (AvgIpc) is 2.59. The minimum atomic E-state index is 0.0807. The fourth-order valence-corrected chi connectivity index (χ4v) is 3.67. The van der Waals surface area contributed by atoms with Crippen LogP contribution in [0.2, 0.25) is 0 Å². The zero-order valence-corrected chi connectivity index (χ0v) is 15.4. The van der Waals surface area contributed by atoms with Crippen molar-refractivity contribution in [2.45, 2.75) is 52.4 Å². The van der Waals surface area contributed by atoms with E-state index >= 15 is 0 Å². The summed E-state index contributed by atoms with van der Waals surface area (Å²) < 4.78 is 1.20. The molecule has 0 radical (unpaired) electrons. The van der Waals surface area contributed by atoms with Crippen LogP contribution in [0.5, 0.6) is 0 Å². The molecule has 0 heterocycles. The molecule has 21 heavy (non-hydrogen) atoms. The molecule has 0 atom stereocenters. The summed E-state index contributed by atoms with van der Waals surface area (Å²) in [7, 11) is 0. The lowest BCUT2D eigenvalue weighted by atomic mass is 9.79. The van der Waals surface area contributed by atoms with Gasteiger partial charge in [-0.2, -0.15) is 0 Å². The molecule has 0 saturated heterocycles. The topological polar surface area (TPSA) is 0 Å². The number of hydrogen-bond donors (Lipinski definition) is 0. The molecule has 0 saturated carbocycles. The molecular formula is C20H23Br. The van der Waals surface area contributed by atoms with E-state index in [2.05, 4.69) is 87.8 Å². The van der Waals surface area contributed by atoms with Crippen molar-refractivity contribution in [2.24, 2.45) is 0 Å². The maximum atomic E-state index is 3.68. The van der Waals surface area contributed by atoms with Crippen LogP contribution >= 0.6 is 15.9 Å². The maximum Gasteiger partial charge on any atom is 0.0210 e. The number of hydrogen-bond acceptors (Lipinski definition) is 0. The van der Waals surface area contributed by atoms with Crippen LogP contribution in [0.25, 0.3) is 11.1 Å². The zero-order valence-electron chi connectivity index (χ0n) is 13.8. The van der Waals surface area contributed by atoms with E-state index in [-0.39, 0.29) is 10.8 Å². The molecule has 0 fully saturated rings. The van der Waals surface area contributed by atoms with Crippen LogP contribution in [-0.2, 0) is 10.8 Å². The Morgan fingerprint density at radius 1 is 0.905 bits per heavy atom. The van der Waals surface area contributed by atoms with Crippen molar-refractivity contribution in [3.8, 4) is 11.1 Å². The van der Waals surface area contributed by atoms with Gasteiger partial charge >= 0.3 is 0 Å². The SMILES string of the molecule is Cc1cc2c(cc1Br)-c1ccc(C(C)(C)C)cc1C2(C)C. The third-order valence-corrected chi connectivity index (χ3v) is 5.68. The number of halogens is 1. The zero-order chi connectivity index (χ0) is 15.6. The monoisotopic (exact) mass is 342 g/mol. The molecule has 110 valence electrons. The first-order chi connectivity index (χ1) is 9.62. The Balaban J connectivity index is 2.29. The predicted octanol–water partition coefficient (Wildman–Crippen LogP) is 6.36. The Kier molecular flexibility index (Phi) is 3.15. The summed E-state index contributed by atoms with van der Waals surface area (Å²) in [6.07, 6.45) is 0. The van der Waals surface area contributed by atoms with E-state index in [1.54, 1.807) is 0 Å². The Bertz CT molecular complexity index is 730. The fraction of sp³-hybridized carbons (Fsp3) is 0.400. The van der Waals surface area contributed by atoms with Crippen LogP contribution in [0.3, 0.4) is 0 Å². The molecule has 1 heteroatoms. The van der Waals surface area contributed by atoms with Gasteiger partial charge in [-0.05, 0) is 51.8 Å². The summed E-state index contributed by atoms with van der Waals surface area (Å²) in [5, 5.41) is 0. The number of aryl methyl sites for hydroxylation is 1. The average molecular weight is 343 g/mol. The molecule has 1 aliphatic carbocycles. The molecule has 0 amide bonds. The van der Waals surface area contributed by atoms with Gasteiger partial charge in [0.15, 0.2) is 0 Å². The Hall–Kier alpha value is -1.08. The standard InChI is InChI=1S/C20H23Br/c1-12-9-16-15(11-18(12)21)14-8-7-13(19(2,3)4)10-17(14)20(16,5)6/h7-11H,1-6H3. The number of fused-ring (bicyclic) bond motifs is 3. The van der Waals surface area contributed by atoms with Gasteiger partial charge in [0.2, 0.25) is 0 Å². The van der Waals surface area contributed by atoms with Gasteiger partial charge in [0.25, 0.3) is 0 Å². The molecule has 0 bridgehead atoms. The first-order valence-electron chi connectivity index (χ1n) is 7.58. The predicted molar refractivity (Wildman–Crippen MR) is 95.1 cm³/mol. The summed E-state index contributed by atoms with van der Waals surface area (Å²) in [5.74, 6) is 0. The van der Waals surface area contributed by atoms with Crippen LogP contribution < -0.4 is 0 Å². The Morgan fingerprint density at radius 3 is 2.14 bits per heavy atom. The van der Waals surface area contributed by atoms with E-state index in [1.807, 2.05) is 0 Å². The van der Waals surface area contributed by atoms with Gasteiger partial charge in [0.05, 0.1) is 0 Å². The van der Waals surface area contributed by atoms with Crippen molar-refractivity contribution < 1.29 is 0 Å². The minimum Gasteiger partial charge on any atom is -0.0579 e.